The van der Waals surface area contributed by atoms with E-state index in [1.165, 1.54) is 17.0 Å². The molecule has 2 atom stereocenters. The first-order valence-corrected chi connectivity index (χ1v) is 11.0. The molecule has 1 fully saturated rings. The maximum atomic E-state index is 13.2. The number of urea groups is 1. The van der Waals surface area contributed by atoms with Crippen molar-refractivity contribution in [1.29, 1.82) is 0 Å². The van der Waals surface area contributed by atoms with E-state index in [9.17, 15) is 32.3 Å². The summed E-state index contributed by atoms with van der Waals surface area (Å²) < 4.78 is 40.5. The van der Waals surface area contributed by atoms with E-state index in [4.69, 9.17) is 0 Å². The van der Waals surface area contributed by atoms with Crippen molar-refractivity contribution < 1.29 is 37.1 Å². The highest BCUT2D eigenvalue weighted by molar-refractivity contribution is 6.06. The van der Waals surface area contributed by atoms with E-state index in [-0.39, 0.29) is 36.9 Å². The number of hydrogen-bond donors (Lipinski definition) is 4. The number of alkyl halides is 3. The summed E-state index contributed by atoms with van der Waals surface area (Å²) in [4.78, 5) is 50.7. The van der Waals surface area contributed by atoms with Gasteiger partial charge >= 0.3 is 12.4 Å². The highest BCUT2D eigenvalue weighted by atomic mass is 19.4. The predicted molar refractivity (Wildman–Crippen MR) is 121 cm³/mol. The number of rotatable bonds is 5. The first-order chi connectivity index (χ1) is 17.0. The van der Waals surface area contributed by atoms with Crippen LogP contribution in [-0.4, -0.2) is 47.2 Å². The van der Waals surface area contributed by atoms with Crippen molar-refractivity contribution >= 4 is 35.1 Å². The number of nitrogens with zero attached hydrogens (tertiary/aromatic N) is 1. The molecule has 13 heteroatoms. The Hall–Kier alpha value is -4.29. The van der Waals surface area contributed by atoms with Crippen molar-refractivity contribution in [2.45, 2.75) is 44.9 Å². The molecular formula is C23H22F3N5O5. The summed E-state index contributed by atoms with van der Waals surface area (Å²) >= 11 is 0. The number of hydrogen-bond acceptors (Lipinski definition) is 6. The summed E-state index contributed by atoms with van der Waals surface area (Å²) in [5.74, 6) is -1.69. The number of amides is 5. The lowest BCUT2D eigenvalue weighted by Gasteiger charge is -2.41. The number of ether oxygens (including phenoxy) is 1. The quantitative estimate of drug-likeness (QED) is 0.463. The molecule has 0 bridgehead atoms. The Morgan fingerprint density at radius 3 is 2.53 bits per heavy atom. The van der Waals surface area contributed by atoms with Crippen molar-refractivity contribution in [2.75, 3.05) is 10.6 Å². The van der Waals surface area contributed by atoms with Gasteiger partial charge in [-0.15, -0.1) is 13.2 Å². The molecule has 2 aliphatic rings. The highest BCUT2D eigenvalue weighted by Gasteiger charge is 2.40. The molecule has 2 unspecified atom stereocenters. The Bertz CT molecular complexity index is 1200. The fraction of sp³-hybridized carbons (Fsp3) is 0.304. The molecule has 5 amide bonds. The van der Waals surface area contributed by atoms with Gasteiger partial charge in [0.1, 0.15) is 11.8 Å². The zero-order chi connectivity index (χ0) is 26.0. The second-order valence-corrected chi connectivity index (χ2v) is 8.26. The number of benzene rings is 2. The summed E-state index contributed by atoms with van der Waals surface area (Å²) in [6.45, 7) is 1.79. The summed E-state index contributed by atoms with van der Waals surface area (Å²) in [5.41, 5.74) is 1.75. The van der Waals surface area contributed by atoms with Gasteiger partial charge in [-0.3, -0.25) is 19.7 Å². The van der Waals surface area contributed by atoms with Gasteiger partial charge in [0.25, 0.3) is 5.91 Å². The van der Waals surface area contributed by atoms with Crippen LogP contribution in [-0.2, 0) is 16.1 Å². The number of nitrogens with one attached hydrogen (secondary N) is 4. The van der Waals surface area contributed by atoms with Gasteiger partial charge in [0.15, 0.2) is 0 Å². The van der Waals surface area contributed by atoms with Gasteiger partial charge in [-0.05, 0) is 55.3 Å². The number of fused-ring (bicyclic) bond motifs is 1. The van der Waals surface area contributed by atoms with Crippen LogP contribution in [0, 0.1) is 0 Å². The molecule has 2 aliphatic heterocycles. The van der Waals surface area contributed by atoms with Crippen LogP contribution < -0.4 is 26.0 Å². The molecule has 0 aromatic heterocycles. The van der Waals surface area contributed by atoms with Crippen molar-refractivity contribution in [3.05, 3.63) is 53.6 Å². The van der Waals surface area contributed by atoms with E-state index in [0.717, 1.165) is 12.1 Å². The third-order valence-electron chi connectivity index (χ3n) is 5.68. The number of carbonyl (C=O) groups excluding carboxylic acids is 4. The molecule has 190 valence electrons. The standard InChI is InChI=1S/C23H22F3N5O5/c1-12-28-17-7-2-13(10-16(17)21(34)31(12)18-8-9-19(32)30-20(18)33)11-27-22(35)29-14-3-5-15(6-4-14)36-23(24,25)26/h2-7,10,12,18,28H,8-9,11H2,1H3,(H2,27,29,35)(H,30,32,33). The minimum atomic E-state index is -4.81. The molecule has 0 saturated carbocycles. The lowest BCUT2D eigenvalue weighted by molar-refractivity contribution is -0.274. The SMILES string of the molecule is CC1Nc2ccc(CNC(=O)Nc3ccc(OC(F)(F)F)cc3)cc2C(=O)N1C1CCC(=O)NC1=O. The van der Waals surface area contributed by atoms with Crippen molar-refractivity contribution in [3.63, 3.8) is 0 Å². The normalized spacial score (nSPS) is 19.7. The van der Waals surface area contributed by atoms with E-state index in [1.807, 2.05) is 0 Å². The van der Waals surface area contributed by atoms with E-state index in [0.29, 0.717) is 16.8 Å². The van der Waals surface area contributed by atoms with E-state index in [1.54, 1.807) is 25.1 Å². The Morgan fingerprint density at radius 1 is 1.14 bits per heavy atom. The number of piperidine rings is 1. The molecule has 0 aliphatic carbocycles. The maximum Gasteiger partial charge on any atom is 0.573 e. The molecule has 0 spiro atoms. The minimum absolute atomic E-state index is 0.0512. The van der Waals surface area contributed by atoms with Gasteiger partial charge < -0.3 is 25.6 Å². The summed E-state index contributed by atoms with van der Waals surface area (Å²) in [6, 6.07) is 8.27. The molecular weight excluding hydrogens is 483 g/mol. The van der Waals surface area contributed by atoms with Crippen LogP contribution in [0.3, 0.4) is 0 Å². The molecule has 4 rings (SSSR count). The zero-order valence-corrected chi connectivity index (χ0v) is 18.9. The van der Waals surface area contributed by atoms with Gasteiger partial charge in [0.05, 0.1) is 11.7 Å². The molecule has 2 aromatic rings. The lowest BCUT2D eigenvalue weighted by atomic mass is 9.98. The van der Waals surface area contributed by atoms with Gasteiger partial charge in [0, 0.05) is 24.3 Å². The van der Waals surface area contributed by atoms with Gasteiger partial charge in [-0.1, -0.05) is 6.07 Å². The molecule has 4 N–H and O–H groups in total. The first kappa shape index (κ1) is 24.8. The van der Waals surface area contributed by atoms with Crippen LogP contribution in [0.15, 0.2) is 42.5 Å². The fourth-order valence-corrected chi connectivity index (χ4v) is 4.07. The topological polar surface area (TPSA) is 129 Å². The Morgan fingerprint density at radius 2 is 1.86 bits per heavy atom. The third kappa shape index (κ3) is 5.67. The molecule has 0 radical (unpaired) electrons. The van der Waals surface area contributed by atoms with E-state index in [2.05, 4.69) is 26.0 Å². The van der Waals surface area contributed by atoms with Crippen LogP contribution >= 0.6 is 0 Å². The number of imide groups is 1. The smallest absolute Gasteiger partial charge is 0.406 e. The Kier molecular flexibility index (Phi) is 6.73. The maximum absolute atomic E-state index is 13.2. The van der Waals surface area contributed by atoms with Crippen LogP contribution in [0.1, 0.15) is 35.7 Å². The fourth-order valence-electron chi connectivity index (χ4n) is 4.07. The Labute approximate surface area is 203 Å². The van der Waals surface area contributed by atoms with Crippen LogP contribution in [0.25, 0.3) is 0 Å². The van der Waals surface area contributed by atoms with E-state index >= 15 is 0 Å². The van der Waals surface area contributed by atoms with Gasteiger partial charge in [-0.2, -0.15) is 0 Å². The number of anilines is 2. The highest BCUT2D eigenvalue weighted by Crippen LogP contribution is 2.30. The van der Waals surface area contributed by atoms with Crippen LogP contribution in [0.5, 0.6) is 5.75 Å². The molecule has 2 aromatic carbocycles. The third-order valence-corrected chi connectivity index (χ3v) is 5.68. The average Bonchev–Trinajstić information content (AvgIpc) is 2.79. The molecule has 10 nitrogen and oxygen atoms in total. The predicted octanol–water partition coefficient (Wildman–Crippen LogP) is 2.93. The minimum Gasteiger partial charge on any atom is -0.406 e. The second-order valence-electron chi connectivity index (χ2n) is 8.26. The first-order valence-electron chi connectivity index (χ1n) is 11.0. The molecule has 2 heterocycles. The van der Waals surface area contributed by atoms with Crippen molar-refractivity contribution in [2.24, 2.45) is 0 Å². The molecule has 36 heavy (non-hydrogen) atoms. The van der Waals surface area contributed by atoms with Crippen LogP contribution in [0.4, 0.5) is 29.3 Å². The van der Waals surface area contributed by atoms with Crippen molar-refractivity contribution in [3.8, 4) is 5.75 Å². The van der Waals surface area contributed by atoms with Crippen LogP contribution in [0.2, 0.25) is 0 Å². The summed E-state index contributed by atoms with van der Waals surface area (Å²) in [7, 11) is 0. The van der Waals surface area contributed by atoms with Gasteiger partial charge in [0.2, 0.25) is 11.8 Å². The van der Waals surface area contributed by atoms with Crippen molar-refractivity contribution in [1.82, 2.24) is 15.5 Å². The zero-order valence-electron chi connectivity index (χ0n) is 18.9. The number of carbonyl (C=O) groups is 4. The summed E-state index contributed by atoms with van der Waals surface area (Å²) in [5, 5.41) is 10.5. The second kappa shape index (κ2) is 9.76. The summed E-state index contributed by atoms with van der Waals surface area (Å²) in [6.07, 6.45) is -4.93. The Balaban J connectivity index is 1.38. The van der Waals surface area contributed by atoms with Gasteiger partial charge in [-0.25, -0.2) is 4.79 Å². The largest absolute Gasteiger partial charge is 0.573 e. The lowest BCUT2D eigenvalue weighted by Crippen LogP contribution is -2.60. The number of halogens is 3. The van der Waals surface area contributed by atoms with E-state index < -0.39 is 36.3 Å². The molecule has 1 saturated heterocycles. The monoisotopic (exact) mass is 505 g/mol. The average molecular weight is 505 g/mol.